The smallest absolute Gasteiger partial charge is 0.472 e. The molecular formula is C39H62NO10P. The zero-order valence-electron chi connectivity index (χ0n) is 30.6. The monoisotopic (exact) mass is 735 g/mol. The van der Waals surface area contributed by atoms with Gasteiger partial charge in [-0.2, -0.15) is 0 Å². The number of amides is 1. The van der Waals surface area contributed by atoms with Crippen molar-refractivity contribution in [3.63, 3.8) is 0 Å². The van der Waals surface area contributed by atoms with Crippen molar-refractivity contribution < 1.29 is 47.8 Å². The quantitative estimate of drug-likeness (QED) is 0.0228. The van der Waals surface area contributed by atoms with E-state index in [-0.39, 0.29) is 12.8 Å². The molecule has 0 aromatic rings. The first-order valence-electron chi connectivity index (χ1n) is 18.1. The molecular weight excluding hydrogens is 673 g/mol. The molecule has 0 aromatic heterocycles. The number of carbonyl (C=O) groups excluding carboxylic acids is 2. The van der Waals surface area contributed by atoms with E-state index < -0.39 is 57.6 Å². The molecule has 11 nitrogen and oxygen atoms in total. The number of aliphatic hydroxyl groups excluding tert-OH is 1. The Morgan fingerprint density at radius 2 is 1.10 bits per heavy atom. The summed E-state index contributed by atoms with van der Waals surface area (Å²) in [6, 6.07) is -1.56. The van der Waals surface area contributed by atoms with E-state index in [1.165, 1.54) is 0 Å². The predicted octanol–water partition coefficient (Wildman–Crippen LogP) is 8.38. The third-order valence-corrected chi connectivity index (χ3v) is 7.93. The summed E-state index contributed by atoms with van der Waals surface area (Å²) >= 11 is 0. The van der Waals surface area contributed by atoms with Crippen LogP contribution in [0.5, 0.6) is 0 Å². The molecule has 0 fully saturated rings. The number of phosphoric acid groups is 1. The Kier molecular flexibility index (Phi) is 31.6. The van der Waals surface area contributed by atoms with E-state index >= 15 is 0 Å². The van der Waals surface area contributed by atoms with Crippen LogP contribution in [0, 0.1) is 0 Å². The maximum Gasteiger partial charge on any atom is 0.472 e. The van der Waals surface area contributed by atoms with Crippen LogP contribution in [0.3, 0.4) is 0 Å². The lowest BCUT2D eigenvalue weighted by atomic mass is 10.1. The average molecular weight is 736 g/mol. The highest BCUT2D eigenvalue weighted by Gasteiger charge is 2.28. The van der Waals surface area contributed by atoms with Crippen molar-refractivity contribution in [2.45, 2.75) is 122 Å². The third-order valence-electron chi connectivity index (χ3n) is 6.98. The summed E-state index contributed by atoms with van der Waals surface area (Å²) in [4.78, 5) is 45.3. The number of hydrogen-bond donors (Lipinski definition) is 4. The number of unbranched alkanes of at least 4 members (excludes halogenated alkanes) is 5. The van der Waals surface area contributed by atoms with E-state index in [2.05, 4.69) is 84.4 Å². The maximum atomic E-state index is 12.1. The van der Waals surface area contributed by atoms with E-state index in [0.29, 0.717) is 12.8 Å². The molecule has 0 saturated heterocycles. The van der Waals surface area contributed by atoms with Crippen LogP contribution >= 0.6 is 7.82 Å². The molecule has 3 atom stereocenters. The number of nitrogens with one attached hydrogen (secondary N) is 1. The molecule has 0 radical (unpaired) electrons. The molecule has 51 heavy (non-hydrogen) atoms. The third kappa shape index (κ3) is 33.6. The molecule has 288 valence electrons. The summed E-state index contributed by atoms with van der Waals surface area (Å²) in [5.74, 6) is -2.54. The van der Waals surface area contributed by atoms with Crippen molar-refractivity contribution in [3.05, 3.63) is 85.1 Å². The minimum Gasteiger partial charge on any atom is -0.480 e. The second-order valence-electron chi connectivity index (χ2n) is 11.7. The molecule has 0 rings (SSSR count). The molecule has 3 unspecified atom stereocenters. The summed E-state index contributed by atoms with van der Waals surface area (Å²) in [7, 11) is -4.76. The summed E-state index contributed by atoms with van der Waals surface area (Å²) < 4.78 is 26.5. The van der Waals surface area contributed by atoms with Gasteiger partial charge in [0.05, 0.1) is 19.6 Å². The standard InChI is InChI=1S/C39H62NO10P/c1-3-5-7-9-11-12-13-14-15-16-17-18-19-20-21-22-23-24-25-27-29-31-38(43)48-32-35(41)33-49-51(46,47)50-34-36(39(44)45)40-37(42)30-28-26-10-8-6-4-2/h5,7,11-12,14-15,17-18,20-21,23-24,27,29,35-36,41H,3-4,6,8-10,13,16,19,22,25-26,28,30-34H2,1-2H3,(H,40,42)(H,44,45)(H,46,47)/b7-5-,12-11-,15-14-,18-17-,21-20-,24-23-,29-27-. The summed E-state index contributed by atoms with van der Waals surface area (Å²) in [6.07, 6.45) is 39.8. The van der Waals surface area contributed by atoms with E-state index in [9.17, 15) is 34.1 Å². The predicted molar refractivity (Wildman–Crippen MR) is 203 cm³/mol. The molecule has 0 heterocycles. The van der Waals surface area contributed by atoms with Crippen LogP contribution in [0.25, 0.3) is 0 Å². The van der Waals surface area contributed by atoms with Gasteiger partial charge in [0, 0.05) is 6.42 Å². The highest BCUT2D eigenvalue weighted by Crippen LogP contribution is 2.43. The number of aliphatic carboxylic acids is 1. The highest BCUT2D eigenvalue weighted by atomic mass is 31.2. The fourth-order valence-corrected chi connectivity index (χ4v) is 4.93. The first-order chi connectivity index (χ1) is 24.6. The number of allylic oxidation sites excluding steroid dienone is 13. The molecule has 1 amide bonds. The van der Waals surface area contributed by atoms with Crippen molar-refractivity contribution in [1.82, 2.24) is 5.32 Å². The number of hydrogen-bond acceptors (Lipinski definition) is 8. The first-order valence-corrected chi connectivity index (χ1v) is 19.6. The van der Waals surface area contributed by atoms with Crippen LogP contribution in [-0.2, 0) is 32.7 Å². The number of phosphoric ester groups is 1. The van der Waals surface area contributed by atoms with Crippen molar-refractivity contribution in [3.8, 4) is 0 Å². The molecule has 0 aromatic carbocycles. The van der Waals surface area contributed by atoms with Gasteiger partial charge in [0.2, 0.25) is 5.91 Å². The van der Waals surface area contributed by atoms with Gasteiger partial charge in [-0.15, -0.1) is 0 Å². The molecule has 0 saturated carbocycles. The number of carbonyl (C=O) groups is 3. The van der Waals surface area contributed by atoms with E-state index in [1.54, 1.807) is 6.08 Å². The molecule has 0 bridgehead atoms. The van der Waals surface area contributed by atoms with Crippen LogP contribution in [0.1, 0.15) is 110 Å². The molecule has 0 spiro atoms. The molecule has 0 aliphatic rings. The van der Waals surface area contributed by atoms with Gasteiger partial charge >= 0.3 is 19.8 Å². The van der Waals surface area contributed by atoms with Crippen LogP contribution in [0.2, 0.25) is 0 Å². The molecule has 4 N–H and O–H groups in total. The summed E-state index contributed by atoms with van der Waals surface area (Å²) in [5.41, 5.74) is 0. The fraction of sp³-hybridized carbons (Fsp3) is 0.564. The zero-order chi connectivity index (χ0) is 37.8. The maximum absolute atomic E-state index is 12.1. The Bertz CT molecular complexity index is 1190. The van der Waals surface area contributed by atoms with Crippen LogP contribution in [0.4, 0.5) is 0 Å². The first kappa shape index (κ1) is 47.7. The van der Waals surface area contributed by atoms with E-state index in [0.717, 1.165) is 70.6 Å². The van der Waals surface area contributed by atoms with Crippen molar-refractivity contribution in [2.24, 2.45) is 0 Å². The minimum atomic E-state index is -4.76. The SMILES string of the molecule is CC/C=C\C/C=C\C/C=C\C/C=C\C/C=C\C/C=C\C/C=C\CC(=O)OCC(O)COP(=O)(O)OCC(NC(=O)CCCCCCCC)C(=O)O. The van der Waals surface area contributed by atoms with Gasteiger partial charge in [0.15, 0.2) is 6.04 Å². The Hall–Kier alpha value is -3.34. The fourth-order valence-electron chi connectivity index (χ4n) is 4.16. The minimum absolute atomic E-state index is 0.0149. The lowest BCUT2D eigenvalue weighted by Crippen LogP contribution is -2.43. The summed E-state index contributed by atoms with van der Waals surface area (Å²) in [6.45, 7) is 2.23. The normalized spacial score (nSPS) is 14.9. The number of ether oxygens (including phenoxy) is 1. The number of carboxylic acid groups (broad SMARTS) is 1. The van der Waals surface area contributed by atoms with Gasteiger partial charge in [-0.05, 0) is 51.4 Å². The van der Waals surface area contributed by atoms with Gasteiger partial charge in [-0.3, -0.25) is 18.6 Å². The second kappa shape index (κ2) is 33.8. The lowest BCUT2D eigenvalue weighted by molar-refractivity contribution is -0.146. The number of rotatable bonds is 32. The topological polar surface area (TPSA) is 169 Å². The van der Waals surface area contributed by atoms with Crippen LogP contribution in [-0.4, -0.2) is 64.9 Å². The Morgan fingerprint density at radius 1 is 0.647 bits per heavy atom. The van der Waals surface area contributed by atoms with Crippen molar-refractivity contribution in [2.75, 3.05) is 19.8 Å². The Balaban J connectivity index is 4.07. The number of carboxylic acids is 1. The lowest BCUT2D eigenvalue weighted by Gasteiger charge is -2.18. The van der Waals surface area contributed by atoms with Gasteiger partial charge < -0.3 is 25.2 Å². The van der Waals surface area contributed by atoms with E-state index in [4.69, 9.17) is 9.26 Å². The zero-order valence-corrected chi connectivity index (χ0v) is 31.5. The van der Waals surface area contributed by atoms with Crippen LogP contribution < -0.4 is 5.32 Å². The van der Waals surface area contributed by atoms with Gasteiger partial charge in [0.1, 0.15) is 12.7 Å². The molecule has 12 heteroatoms. The van der Waals surface area contributed by atoms with Gasteiger partial charge in [-0.25, -0.2) is 9.36 Å². The Labute approximate surface area is 305 Å². The molecule has 0 aliphatic carbocycles. The van der Waals surface area contributed by atoms with E-state index in [1.807, 2.05) is 18.2 Å². The second-order valence-corrected chi connectivity index (χ2v) is 13.2. The summed E-state index contributed by atoms with van der Waals surface area (Å²) in [5, 5.41) is 21.6. The molecule has 0 aliphatic heterocycles. The van der Waals surface area contributed by atoms with Crippen LogP contribution in [0.15, 0.2) is 85.1 Å². The highest BCUT2D eigenvalue weighted by molar-refractivity contribution is 7.47. The largest absolute Gasteiger partial charge is 0.480 e. The number of aliphatic hydroxyl groups is 1. The Morgan fingerprint density at radius 3 is 1.59 bits per heavy atom. The van der Waals surface area contributed by atoms with Gasteiger partial charge in [-0.1, -0.05) is 131 Å². The van der Waals surface area contributed by atoms with Crippen molar-refractivity contribution >= 4 is 25.7 Å². The average Bonchev–Trinajstić information content (AvgIpc) is 3.10. The van der Waals surface area contributed by atoms with Gasteiger partial charge in [0.25, 0.3) is 0 Å². The number of esters is 1. The van der Waals surface area contributed by atoms with Crippen molar-refractivity contribution in [1.29, 1.82) is 0 Å².